The molecule has 4 N–H and O–H groups in total. The molecule has 0 spiro atoms. The average Bonchev–Trinajstić information content (AvgIpc) is 3.42. The summed E-state index contributed by atoms with van der Waals surface area (Å²) in [7, 11) is -4.34. The van der Waals surface area contributed by atoms with Crippen LogP contribution in [-0.4, -0.2) is 79.0 Å². The number of nitrogens with zero attached hydrogens (tertiary/aromatic N) is 3. The Morgan fingerprint density at radius 3 is 2.75 bits per heavy atom. The molecular weight excluding hydrogens is 501 g/mol. The maximum absolute atomic E-state index is 13.8. The lowest BCUT2D eigenvalue weighted by Crippen LogP contribution is -2.48. The Kier molecular flexibility index (Phi) is 7.21. The number of hydrogen-bond acceptors (Lipinski definition) is 8. The fourth-order valence-corrected chi connectivity index (χ4v) is 5.29. The number of benzene rings is 1. The number of carbonyl (C=O) groups is 2. The Labute approximate surface area is 205 Å². The first kappa shape index (κ1) is 25.5. The van der Waals surface area contributed by atoms with E-state index in [0.717, 1.165) is 4.31 Å². The molecule has 2 aromatic rings. The molecule has 1 saturated carbocycles. The van der Waals surface area contributed by atoms with Crippen LogP contribution in [0.25, 0.3) is 0 Å². The van der Waals surface area contributed by atoms with Gasteiger partial charge >= 0.3 is 6.09 Å². The molecule has 1 unspecified atom stereocenters. The zero-order valence-corrected chi connectivity index (χ0v) is 20.1. The fourth-order valence-electron chi connectivity index (χ4n) is 3.71. The van der Waals surface area contributed by atoms with Gasteiger partial charge in [-0.15, -0.1) is 5.10 Å². The van der Waals surface area contributed by atoms with Crippen molar-refractivity contribution in [2.24, 2.45) is 5.92 Å². The van der Waals surface area contributed by atoms with Crippen LogP contribution in [0.15, 0.2) is 29.3 Å². The first-order valence-electron chi connectivity index (χ1n) is 11.2. The van der Waals surface area contributed by atoms with E-state index >= 15 is 0 Å². The van der Waals surface area contributed by atoms with Crippen LogP contribution in [0.1, 0.15) is 13.3 Å². The Balaban J connectivity index is 1.68. The van der Waals surface area contributed by atoms with E-state index in [4.69, 9.17) is 19.7 Å². The highest BCUT2D eigenvalue weighted by atomic mass is 32.2. The van der Waals surface area contributed by atoms with E-state index < -0.39 is 40.2 Å². The fraction of sp³-hybridized carbons (Fsp3) is 0.476. The van der Waals surface area contributed by atoms with Crippen LogP contribution in [-0.2, 0) is 21.4 Å². The van der Waals surface area contributed by atoms with Gasteiger partial charge in [-0.05, 0) is 31.5 Å². The van der Waals surface area contributed by atoms with Gasteiger partial charge in [0.2, 0.25) is 5.91 Å². The van der Waals surface area contributed by atoms with Gasteiger partial charge < -0.3 is 25.0 Å². The molecule has 15 heteroatoms. The number of anilines is 2. The third-order valence-corrected chi connectivity index (χ3v) is 7.38. The molecule has 3 atom stereocenters. The summed E-state index contributed by atoms with van der Waals surface area (Å²) in [6.45, 7) is 1.25. The molecule has 0 saturated heterocycles. The van der Waals surface area contributed by atoms with Crippen LogP contribution in [0.3, 0.4) is 0 Å². The zero-order chi connectivity index (χ0) is 26.0. The van der Waals surface area contributed by atoms with E-state index in [1.807, 2.05) is 0 Å². The van der Waals surface area contributed by atoms with Gasteiger partial charge in [0.15, 0.2) is 4.90 Å². The lowest BCUT2D eigenvalue weighted by atomic mass is 10.2. The van der Waals surface area contributed by atoms with Gasteiger partial charge in [0.05, 0.1) is 31.3 Å². The molecular formula is C21H26FN5O8S. The van der Waals surface area contributed by atoms with Crippen molar-refractivity contribution in [2.45, 2.75) is 37.1 Å². The van der Waals surface area contributed by atoms with Gasteiger partial charge in [-0.2, -0.15) is 0 Å². The van der Waals surface area contributed by atoms with Crippen molar-refractivity contribution in [3.8, 4) is 11.6 Å². The number of aryl methyl sites for hydroxylation is 1. The summed E-state index contributed by atoms with van der Waals surface area (Å²) in [6, 6.07) is 4.13. The zero-order valence-electron chi connectivity index (χ0n) is 19.3. The predicted octanol–water partition coefficient (Wildman–Crippen LogP) is 0.794. The van der Waals surface area contributed by atoms with Crippen molar-refractivity contribution in [1.82, 2.24) is 15.1 Å². The van der Waals surface area contributed by atoms with Gasteiger partial charge in [0, 0.05) is 18.4 Å². The maximum atomic E-state index is 13.8. The molecule has 0 radical (unpaired) electrons. The lowest BCUT2D eigenvalue weighted by Gasteiger charge is -2.35. The van der Waals surface area contributed by atoms with Gasteiger partial charge in [-0.1, -0.05) is 0 Å². The summed E-state index contributed by atoms with van der Waals surface area (Å²) in [6.07, 6.45) is -1.89. The van der Waals surface area contributed by atoms with Crippen LogP contribution < -0.4 is 24.4 Å². The molecule has 13 nitrogen and oxygen atoms in total. The van der Waals surface area contributed by atoms with Gasteiger partial charge in [0.25, 0.3) is 15.9 Å². The minimum absolute atomic E-state index is 0.0622. The van der Waals surface area contributed by atoms with Crippen molar-refractivity contribution in [1.29, 1.82) is 0 Å². The highest BCUT2D eigenvalue weighted by Crippen LogP contribution is 2.40. The van der Waals surface area contributed by atoms with E-state index in [1.54, 1.807) is 6.92 Å². The number of carbonyl (C=O) groups excluding carboxylic acids is 1. The van der Waals surface area contributed by atoms with Crippen LogP contribution in [0, 0.1) is 5.92 Å². The van der Waals surface area contributed by atoms with Crippen molar-refractivity contribution < 1.29 is 42.1 Å². The second-order valence-corrected chi connectivity index (χ2v) is 10.0. The standard InChI is InChI=1S/C21H26FN5O8S/c1-2-26-11-18(20(25-26)34-6-5-28)36(32,33)27-10-13(9-23-19(29)14-8-15(14)22)35-17-4-3-12(7-16(17)27)24-21(30)31/h3-4,7,11,13-15,24,28H,2,5-6,8-10H2,1H3,(H,23,29)(H,30,31)/t13?,14-,15+/m1/s1. The summed E-state index contributed by atoms with van der Waals surface area (Å²) >= 11 is 0. The first-order valence-corrected chi connectivity index (χ1v) is 12.6. The van der Waals surface area contributed by atoms with Crippen molar-refractivity contribution in [3.63, 3.8) is 0 Å². The molecule has 1 aromatic heterocycles. The quantitative estimate of drug-likeness (QED) is 0.349. The number of ether oxygens (including phenoxy) is 2. The van der Waals surface area contributed by atoms with Crippen LogP contribution in [0.2, 0.25) is 0 Å². The number of carboxylic acid groups (broad SMARTS) is 1. The summed E-state index contributed by atoms with van der Waals surface area (Å²) in [5.41, 5.74) is 0.174. The van der Waals surface area contributed by atoms with Crippen molar-refractivity contribution >= 4 is 33.4 Å². The highest BCUT2D eigenvalue weighted by Gasteiger charge is 2.44. The maximum Gasteiger partial charge on any atom is 0.409 e. The third-order valence-electron chi connectivity index (χ3n) is 5.61. The molecule has 1 fully saturated rings. The number of aliphatic hydroxyl groups excluding tert-OH is 1. The number of fused-ring (bicyclic) bond motifs is 1. The van der Waals surface area contributed by atoms with E-state index in [2.05, 4.69) is 15.7 Å². The Bertz CT molecular complexity index is 1250. The van der Waals surface area contributed by atoms with Gasteiger partial charge in [-0.25, -0.2) is 17.6 Å². The molecule has 1 aliphatic heterocycles. The number of aromatic nitrogens is 2. The van der Waals surface area contributed by atoms with E-state index in [-0.39, 0.29) is 60.6 Å². The van der Waals surface area contributed by atoms with Crippen LogP contribution >= 0.6 is 0 Å². The predicted molar refractivity (Wildman–Crippen MR) is 124 cm³/mol. The number of amides is 2. The van der Waals surface area contributed by atoms with Gasteiger partial charge in [0.1, 0.15) is 24.6 Å². The number of halogens is 1. The minimum atomic E-state index is -4.34. The average molecular weight is 528 g/mol. The number of sulfonamides is 1. The first-order chi connectivity index (χ1) is 17.1. The molecule has 196 valence electrons. The highest BCUT2D eigenvalue weighted by molar-refractivity contribution is 7.93. The number of aliphatic hydroxyl groups is 1. The van der Waals surface area contributed by atoms with E-state index in [1.165, 1.54) is 29.1 Å². The van der Waals surface area contributed by atoms with Gasteiger partial charge in [-0.3, -0.25) is 19.1 Å². The molecule has 2 heterocycles. The molecule has 1 aliphatic carbocycles. The lowest BCUT2D eigenvalue weighted by molar-refractivity contribution is -0.123. The Morgan fingerprint density at radius 1 is 1.36 bits per heavy atom. The molecule has 2 amide bonds. The summed E-state index contributed by atoms with van der Waals surface area (Å²) in [5, 5.41) is 27.1. The molecule has 36 heavy (non-hydrogen) atoms. The Hall–Kier alpha value is -3.59. The molecule has 2 aliphatic rings. The smallest absolute Gasteiger partial charge is 0.409 e. The van der Waals surface area contributed by atoms with Crippen LogP contribution in [0.4, 0.5) is 20.6 Å². The SMILES string of the molecule is CCn1cc(S(=O)(=O)N2CC(CNC(=O)[C@@H]3C[C@@H]3F)Oc3ccc(NC(=O)O)cc32)c(OCCO)n1. The minimum Gasteiger partial charge on any atom is -0.484 e. The largest absolute Gasteiger partial charge is 0.484 e. The summed E-state index contributed by atoms with van der Waals surface area (Å²) < 4.78 is 54.5. The number of hydrogen-bond donors (Lipinski definition) is 4. The van der Waals surface area contributed by atoms with E-state index in [0.29, 0.717) is 6.54 Å². The number of rotatable bonds is 10. The van der Waals surface area contributed by atoms with Crippen LogP contribution in [0.5, 0.6) is 11.6 Å². The summed E-state index contributed by atoms with van der Waals surface area (Å²) in [4.78, 5) is 22.9. The monoisotopic (exact) mass is 527 g/mol. The number of alkyl halides is 1. The summed E-state index contributed by atoms with van der Waals surface area (Å²) in [5.74, 6) is -1.26. The number of nitrogens with one attached hydrogen (secondary N) is 2. The topological polar surface area (TPSA) is 172 Å². The van der Waals surface area contributed by atoms with Crippen molar-refractivity contribution in [2.75, 3.05) is 35.9 Å². The molecule has 0 bridgehead atoms. The van der Waals surface area contributed by atoms with E-state index in [9.17, 15) is 22.4 Å². The van der Waals surface area contributed by atoms with Crippen molar-refractivity contribution in [3.05, 3.63) is 24.4 Å². The Morgan fingerprint density at radius 2 is 2.11 bits per heavy atom. The second-order valence-electron chi connectivity index (χ2n) is 8.22. The molecule has 1 aromatic carbocycles. The normalized spacial score (nSPS) is 20.8. The second kappa shape index (κ2) is 10.2. The molecule has 4 rings (SSSR count). The third kappa shape index (κ3) is 5.31.